The fraction of sp³-hybridized carbons (Fsp3) is 0.944. The van der Waals surface area contributed by atoms with Crippen LogP contribution in [-0.4, -0.2) is 77.9 Å². The molecular weight excluding hydrogens is 304 g/mol. The van der Waals surface area contributed by atoms with Gasteiger partial charge < -0.3 is 20.6 Å². The zero-order valence-corrected chi connectivity index (χ0v) is 15.1. The SMILES string of the molecule is CCNC(=O)N1CCC(NC[C@]2(O)CCCN3CCCC[C@@H]32)CC1. The summed E-state index contributed by atoms with van der Waals surface area (Å²) in [7, 11) is 0. The Morgan fingerprint density at radius 3 is 2.62 bits per heavy atom. The van der Waals surface area contributed by atoms with Gasteiger partial charge in [-0.1, -0.05) is 6.42 Å². The molecule has 0 aromatic heterocycles. The van der Waals surface area contributed by atoms with Crippen LogP contribution in [0.4, 0.5) is 4.79 Å². The molecule has 2 atom stereocenters. The van der Waals surface area contributed by atoms with Gasteiger partial charge in [-0.25, -0.2) is 4.79 Å². The first-order chi connectivity index (χ1) is 11.6. The number of carbonyl (C=O) groups is 1. The Morgan fingerprint density at radius 2 is 1.88 bits per heavy atom. The van der Waals surface area contributed by atoms with Crippen LogP contribution in [-0.2, 0) is 0 Å². The van der Waals surface area contributed by atoms with Crippen molar-refractivity contribution in [1.29, 1.82) is 0 Å². The minimum Gasteiger partial charge on any atom is -0.387 e. The predicted octanol–water partition coefficient (Wildman–Crippen LogP) is 1.15. The van der Waals surface area contributed by atoms with Gasteiger partial charge in [0.05, 0.1) is 5.60 Å². The molecule has 3 rings (SSSR count). The van der Waals surface area contributed by atoms with Gasteiger partial charge >= 0.3 is 6.03 Å². The van der Waals surface area contributed by atoms with Crippen LogP contribution in [0.1, 0.15) is 51.9 Å². The molecular formula is C18H34N4O2. The van der Waals surface area contributed by atoms with E-state index in [4.69, 9.17) is 0 Å². The second-order valence-electron chi connectivity index (χ2n) is 7.73. The molecule has 0 saturated carbocycles. The lowest BCUT2D eigenvalue weighted by Crippen LogP contribution is -2.63. The van der Waals surface area contributed by atoms with Crippen molar-refractivity contribution in [3.05, 3.63) is 0 Å². The van der Waals surface area contributed by atoms with Crippen LogP contribution in [0.25, 0.3) is 0 Å². The van der Waals surface area contributed by atoms with Crippen molar-refractivity contribution < 1.29 is 9.90 Å². The highest BCUT2D eigenvalue weighted by molar-refractivity contribution is 5.74. The topological polar surface area (TPSA) is 67.8 Å². The van der Waals surface area contributed by atoms with Gasteiger partial charge in [0.15, 0.2) is 0 Å². The molecule has 0 radical (unpaired) electrons. The molecule has 0 spiro atoms. The molecule has 0 aromatic rings. The number of piperidine rings is 3. The van der Waals surface area contributed by atoms with E-state index in [0.29, 0.717) is 25.2 Å². The molecule has 3 aliphatic rings. The standard InChI is InChI=1S/C18H34N4O2/c1-2-19-17(23)22-12-7-15(8-13-22)20-14-18(24)9-5-11-21-10-4-3-6-16(18)21/h15-16,20,24H,2-14H2,1H3,(H,19,23)/t16-,18-/m1/s1. The molecule has 3 aliphatic heterocycles. The maximum absolute atomic E-state index is 11.9. The number of aliphatic hydroxyl groups is 1. The first-order valence-electron chi connectivity index (χ1n) is 9.85. The molecule has 0 bridgehead atoms. The van der Waals surface area contributed by atoms with E-state index in [9.17, 15) is 9.90 Å². The highest BCUT2D eigenvalue weighted by Gasteiger charge is 2.44. The van der Waals surface area contributed by atoms with Crippen LogP contribution in [0.3, 0.4) is 0 Å². The van der Waals surface area contributed by atoms with Crippen LogP contribution < -0.4 is 10.6 Å². The van der Waals surface area contributed by atoms with Crippen molar-refractivity contribution in [3.8, 4) is 0 Å². The van der Waals surface area contributed by atoms with E-state index in [1.165, 1.54) is 12.8 Å². The summed E-state index contributed by atoms with van der Waals surface area (Å²) < 4.78 is 0. The van der Waals surface area contributed by atoms with Crippen LogP contribution in [0, 0.1) is 0 Å². The number of fused-ring (bicyclic) bond motifs is 1. The average molecular weight is 338 g/mol. The summed E-state index contributed by atoms with van der Waals surface area (Å²) in [6.07, 6.45) is 7.62. The number of carbonyl (C=O) groups excluding carboxylic acids is 1. The highest BCUT2D eigenvalue weighted by Crippen LogP contribution is 2.33. The van der Waals surface area contributed by atoms with Crippen molar-refractivity contribution in [1.82, 2.24) is 20.4 Å². The molecule has 6 nitrogen and oxygen atoms in total. The maximum atomic E-state index is 11.9. The Morgan fingerprint density at radius 1 is 1.12 bits per heavy atom. The van der Waals surface area contributed by atoms with E-state index in [1.54, 1.807) is 0 Å². The van der Waals surface area contributed by atoms with Gasteiger partial charge in [0.25, 0.3) is 0 Å². The summed E-state index contributed by atoms with van der Waals surface area (Å²) in [4.78, 5) is 16.3. The molecule has 3 heterocycles. The van der Waals surface area contributed by atoms with Crippen molar-refractivity contribution in [2.75, 3.05) is 39.3 Å². The van der Waals surface area contributed by atoms with Gasteiger partial charge in [-0.05, 0) is 58.5 Å². The van der Waals surface area contributed by atoms with Crippen LogP contribution in [0.2, 0.25) is 0 Å². The van der Waals surface area contributed by atoms with Crippen molar-refractivity contribution >= 4 is 6.03 Å². The lowest BCUT2D eigenvalue weighted by atomic mass is 9.79. The lowest BCUT2D eigenvalue weighted by molar-refractivity contribution is -0.0934. The largest absolute Gasteiger partial charge is 0.387 e. The summed E-state index contributed by atoms with van der Waals surface area (Å²) in [6, 6.07) is 0.807. The van der Waals surface area contributed by atoms with E-state index in [-0.39, 0.29) is 6.03 Å². The Balaban J connectivity index is 1.46. The van der Waals surface area contributed by atoms with E-state index >= 15 is 0 Å². The summed E-state index contributed by atoms with van der Waals surface area (Å²) in [5.74, 6) is 0. The van der Waals surface area contributed by atoms with Crippen LogP contribution >= 0.6 is 0 Å². The van der Waals surface area contributed by atoms with Gasteiger partial charge in [-0.3, -0.25) is 4.90 Å². The second-order valence-corrected chi connectivity index (χ2v) is 7.73. The smallest absolute Gasteiger partial charge is 0.317 e. The van der Waals surface area contributed by atoms with E-state index in [1.807, 2.05) is 11.8 Å². The second kappa shape index (κ2) is 8.02. The third-order valence-corrected chi connectivity index (χ3v) is 6.10. The van der Waals surface area contributed by atoms with Crippen LogP contribution in [0.15, 0.2) is 0 Å². The number of hydrogen-bond acceptors (Lipinski definition) is 4. The summed E-state index contributed by atoms with van der Waals surface area (Å²) in [5.41, 5.74) is -0.574. The number of rotatable bonds is 4. The molecule has 138 valence electrons. The Hall–Kier alpha value is -0.850. The van der Waals surface area contributed by atoms with Gasteiger partial charge in [-0.15, -0.1) is 0 Å². The minimum absolute atomic E-state index is 0.0553. The number of amides is 2. The van der Waals surface area contributed by atoms with Crippen molar-refractivity contribution in [3.63, 3.8) is 0 Å². The molecule has 3 N–H and O–H groups in total. The van der Waals surface area contributed by atoms with E-state index in [2.05, 4.69) is 15.5 Å². The molecule has 3 saturated heterocycles. The van der Waals surface area contributed by atoms with Gasteiger partial charge in [0, 0.05) is 38.3 Å². The maximum Gasteiger partial charge on any atom is 0.317 e. The van der Waals surface area contributed by atoms with E-state index in [0.717, 1.165) is 58.3 Å². The molecule has 0 aromatic carbocycles. The third-order valence-electron chi connectivity index (χ3n) is 6.10. The minimum atomic E-state index is -0.574. The predicted molar refractivity (Wildman–Crippen MR) is 95.1 cm³/mol. The number of nitrogens with zero attached hydrogens (tertiary/aromatic N) is 2. The Bertz CT molecular complexity index is 423. The highest BCUT2D eigenvalue weighted by atomic mass is 16.3. The number of hydrogen-bond donors (Lipinski definition) is 3. The lowest BCUT2D eigenvalue weighted by Gasteiger charge is -2.50. The third kappa shape index (κ3) is 4.03. The van der Waals surface area contributed by atoms with Crippen molar-refractivity contribution in [2.24, 2.45) is 0 Å². The molecule has 3 fully saturated rings. The number of nitrogens with one attached hydrogen (secondary N) is 2. The summed E-state index contributed by atoms with van der Waals surface area (Å²) in [6.45, 7) is 7.23. The number of urea groups is 1. The average Bonchev–Trinajstić information content (AvgIpc) is 2.61. The normalized spacial score (nSPS) is 32.4. The van der Waals surface area contributed by atoms with Gasteiger partial charge in [0.2, 0.25) is 0 Å². The van der Waals surface area contributed by atoms with Crippen LogP contribution in [0.5, 0.6) is 0 Å². The molecule has 0 aliphatic carbocycles. The molecule has 2 amide bonds. The Labute approximate surface area is 146 Å². The molecule has 6 heteroatoms. The van der Waals surface area contributed by atoms with Gasteiger partial charge in [0.1, 0.15) is 0 Å². The quantitative estimate of drug-likeness (QED) is 0.719. The van der Waals surface area contributed by atoms with Crippen molar-refractivity contribution in [2.45, 2.75) is 69.6 Å². The molecule has 24 heavy (non-hydrogen) atoms. The summed E-state index contributed by atoms with van der Waals surface area (Å²) >= 11 is 0. The first-order valence-corrected chi connectivity index (χ1v) is 9.85. The van der Waals surface area contributed by atoms with Gasteiger partial charge in [-0.2, -0.15) is 0 Å². The monoisotopic (exact) mass is 338 g/mol. The zero-order valence-electron chi connectivity index (χ0n) is 15.1. The fourth-order valence-electron chi connectivity index (χ4n) is 4.70. The Kier molecular flexibility index (Phi) is 6.00. The van der Waals surface area contributed by atoms with E-state index < -0.39 is 5.60 Å². The zero-order chi connectivity index (χ0) is 17.0. The fourth-order valence-corrected chi connectivity index (χ4v) is 4.70. The molecule has 0 unspecified atom stereocenters. The number of likely N-dealkylation sites (tertiary alicyclic amines) is 1. The first kappa shape index (κ1) is 18.0. The summed E-state index contributed by atoms with van der Waals surface area (Å²) in [5, 5.41) is 17.7.